The number of nitrogens with one attached hydrogen (secondary N) is 4. The number of amides is 2. The highest BCUT2D eigenvalue weighted by atomic mass is 31.2. The lowest BCUT2D eigenvalue weighted by atomic mass is 9.89. The molecule has 3 saturated heterocycles. The van der Waals surface area contributed by atoms with E-state index in [0.717, 1.165) is 60.5 Å². The second-order valence-electron chi connectivity index (χ2n) is 29.3. The maximum absolute atomic E-state index is 14.2. The third-order valence-electron chi connectivity index (χ3n) is 20.2. The van der Waals surface area contributed by atoms with Crippen molar-refractivity contribution in [3.8, 4) is 28.2 Å². The van der Waals surface area contributed by atoms with Gasteiger partial charge in [0.1, 0.15) is 72.1 Å². The van der Waals surface area contributed by atoms with Crippen molar-refractivity contribution in [2.75, 3.05) is 186 Å². The van der Waals surface area contributed by atoms with Gasteiger partial charge in [-0.25, -0.2) is 37.4 Å². The van der Waals surface area contributed by atoms with Crippen molar-refractivity contribution in [1.82, 2.24) is 39.3 Å². The SMILES string of the molecule is COP(=O)(OCCOCCOCCOP(=O)(OC)O[C@@H]1C[C@H](n2cc(/C=C/C(=O)NCCCCCCNC(=O)c3ccc(C(=O)O)c(-c4c5ccc(=O)cc-5oc5cc(O)ccc45)c3)c(=O)[nH]c2=O)O[C@@H]1COP(=O)(OC)OCCOCCOCCOCCOCCOCCOP(=O)(OC)O[C@@H]1C[C@H](n2cc(C)c(=O)[nH]c2=O)O[C@@H]1CO)OC[C@H]1O[C@@H](n2ccc(N)nc2=O)C[C@H]1O. The van der Waals surface area contributed by atoms with Gasteiger partial charge >= 0.3 is 54.3 Å². The molecule has 53 heteroatoms. The summed E-state index contributed by atoms with van der Waals surface area (Å²) in [6.07, 6.45) is -2.09. The maximum atomic E-state index is 14.2. The van der Waals surface area contributed by atoms with Crippen LogP contribution in [0.2, 0.25) is 0 Å². The molecular formula is C80H109N9O40P4. The monoisotopic (exact) mass is 1960 g/mol. The van der Waals surface area contributed by atoms with Gasteiger partial charge in [-0.2, -0.15) is 4.98 Å². The van der Waals surface area contributed by atoms with Crippen molar-refractivity contribution >= 4 is 71.9 Å². The third-order valence-corrected chi connectivity index (χ3v) is 26.0. The molecule has 5 aliphatic rings. The summed E-state index contributed by atoms with van der Waals surface area (Å²) in [7, 11) is -13.1. The highest BCUT2D eigenvalue weighted by Crippen LogP contribution is 2.56. The van der Waals surface area contributed by atoms with Crippen LogP contribution in [0.3, 0.4) is 0 Å². The number of fused-ring (bicyclic) bond motifs is 2. The minimum Gasteiger partial charge on any atom is -0.508 e. The summed E-state index contributed by atoms with van der Waals surface area (Å²) in [6, 6.07) is 13.9. The van der Waals surface area contributed by atoms with Gasteiger partial charge in [0.15, 0.2) is 5.43 Å². The number of aromatic nitrogens is 6. The van der Waals surface area contributed by atoms with Crippen molar-refractivity contribution in [2.45, 2.75) is 107 Å². The Kier molecular flexibility index (Phi) is 41.8. The first-order valence-electron chi connectivity index (χ1n) is 41.9. The van der Waals surface area contributed by atoms with E-state index in [1.165, 1.54) is 73.9 Å². The first kappa shape index (κ1) is 106. The maximum Gasteiger partial charge on any atom is 0.474 e. The van der Waals surface area contributed by atoms with E-state index in [2.05, 4.69) is 25.6 Å². The Bertz CT molecular complexity index is 5580. The standard InChI is InChI=1S/C80H109N9O40P4/c1-51-46-88(79(101)85-74(51)95)71-44-63(65(48-90)125-71)128-132(105,109-4)120-38-34-116-29-27-113-25-23-111-22-24-112-26-28-114-33-37-119-131(104,108-3)123-50-67-64(129-133(106,110-5)121-39-35-117-31-30-115-32-36-118-130(103,107-2)122-49-66-60(93)43-70(126-66)87-21-18-68(81)84-78(87)100)45-72(127-67)89-47-53(76(97)86-80(89)102)11-17-69(94)82-19-8-6-7-9-20-83-75(96)52-10-14-56(77(98)99)59(40-52)73-57-15-12-54(91)41-61(57)124-62-42-55(92)13-16-58(62)73/h10-18,21,40-42,46-47,60,63-67,70-72,90-91,93H,6-9,19-20,22-39,43-45,48-50H2,1-5H3,(H,82,94)(H,83,96)(H,98,99)(H2,81,84,100)(H,85,95,101)(H,86,97,102)/b17-11+/t60-,63-,64-,65-,66-,67-,70-,71-,72-,130?,131?,132?,133?/m1/s1. The number of unbranched alkanes of at least 4 members (excludes halogenated alkanes) is 3. The molecule has 2 aromatic carbocycles. The Morgan fingerprint density at radius 2 is 1.04 bits per heavy atom. The zero-order chi connectivity index (χ0) is 95.7. The molecule has 10 rings (SSSR count). The number of anilines is 1. The average molecular weight is 1960 g/mol. The molecule has 1 aliphatic carbocycles. The number of nitrogens with zero attached hydrogens (tertiary/aromatic N) is 4. The van der Waals surface area contributed by atoms with Crippen LogP contribution in [-0.2, 0) is 125 Å². The number of aromatic carboxylic acids is 1. The number of carboxylic acid groups (broad SMARTS) is 1. The van der Waals surface area contributed by atoms with Gasteiger partial charge in [0.05, 0.1) is 156 Å². The summed E-state index contributed by atoms with van der Waals surface area (Å²) in [4.78, 5) is 123. The lowest BCUT2D eigenvalue weighted by molar-refractivity contribution is -0.116. The number of phosphoric acid groups is 4. The Hall–Kier alpha value is -8.92. The number of phosphoric ester groups is 4. The predicted molar refractivity (Wildman–Crippen MR) is 465 cm³/mol. The van der Waals surface area contributed by atoms with Gasteiger partial charge in [0.25, 0.3) is 17.0 Å². The molecule has 2 amide bonds. The lowest BCUT2D eigenvalue weighted by Crippen LogP contribution is -2.33. The molecule has 3 fully saturated rings. The van der Waals surface area contributed by atoms with Crippen LogP contribution < -0.4 is 50.0 Å². The van der Waals surface area contributed by atoms with E-state index < -0.39 is 159 Å². The number of carboxylic acids is 1. The number of hydrogen-bond donors (Lipinski definition) is 9. The largest absolute Gasteiger partial charge is 0.508 e. The molecule has 133 heavy (non-hydrogen) atoms. The van der Waals surface area contributed by atoms with E-state index >= 15 is 0 Å². The number of nitrogens with two attached hydrogens (primary N) is 1. The van der Waals surface area contributed by atoms with Crippen LogP contribution in [0.15, 0.2) is 119 Å². The van der Waals surface area contributed by atoms with Crippen LogP contribution in [0.4, 0.5) is 5.82 Å². The molecule has 5 aromatic rings. The van der Waals surface area contributed by atoms with Crippen molar-refractivity contribution in [2.24, 2.45) is 0 Å². The number of aliphatic hydroxyl groups excluding tert-OH is 2. The number of aryl methyl sites for hydroxylation is 1. The van der Waals surface area contributed by atoms with E-state index in [-0.39, 0.29) is 201 Å². The minimum absolute atomic E-state index is 0.00196. The summed E-state index contributed by atoms with van der Waals surface area (Å²) in [6.45, 7) is -0.0107. The van der Waals surface area contributed by atoms with Gasteiger partial charge in [-0.05, 0) is 79.9 Å². The van der Waals surface area contributed by atoms with Crippen LogP contribution in [0.5, 0.6) is 5.75 Å². The van der Waals surface area contributed by atoms with E-state index in [9.17, 15) is 81.8 Å². The van der Waals surface area contributed by atoms with Gasteiger partial charge in [0.2, 0.25) is 5.91 Å². The zero-order valence-corrected chi connectivity index (χ0v) is 76.8. The number of rotatable bonds is 61. The second-order valence-corrected chi connectivity index (χ2v) is 36.3. The van der Waals surface area contributed by atoms with Crippen LogP contribution >= 0.6 is 31.3 Å². The van der Waals surface area contributed by atoms with E-state index in [1.54, 1.807) is 6.07 Å². The molecule has 0 bridgehead atoms. The first-order chi connectivity index (χ1) is 63.9. The van der Waals surface area contributed by atoms with Gasteiger partial charge in [-0.1, -0.05) is 12.8 Å². The van der Waals surface area contributed by atoms with E-state index in [1.807, 2.05) is 0 Å². The molecule has 0 saturated carbocycles. The molecule has 4 aliphatic heterocycles. The molecule has 10 N–H and O–H groups in total. The molecule has 734 valence electrons. The summed E-state index contributed by atoms with van der Waals surface area (Å²) in [5, 5.41) is 47.0. The lowest BCUT2D eigenvalue weighted by Gasteiger charge is -2.24. The van der Waals surface area contributed by atoms with Crippen LogP contribution in [0.25, 0.3) is 39.5 Å². The minimum atomic E-state index is -4.58. The second kappa shape index (κ2) is 52.4. The average Bonchev–Trinajstić information content (AvgIpc) is 1.53. The van der Waals surface area contributed by atoms with Crippen molar-refractivity contribution in [3.63, 3.8) is 0 Å². The molecule has 0 radical (unpaired) electrons. The number of phenolic OH excluding ortho intramolecular Hbond substituents is 1. The summed E-state index contributed by atoms with van der Waals surface area (Å²) < 4.78 is 185. The number of H-pyrrole nitrogens is 2. The van der Waals surface area contributed by atoms with Crippen molar-refractivity contribution in [1.29, 1.82) is 0 Å². The quantitative estimate of drug-likeness (QED) is 0.0106. The zero-order valence-electron chi connectivity index (χ0n) is 73.2. The summed E-state index contributed by atoms with van der Waals surface area (Å²) in [5.41, 5.74) is 2.59. The smallest absolute Gasteiger partial charge is 0.474 e. The van der Waals surface area contributed by atoms with Crippen molar-refractivity contribution < 1.29 is 159 Å². The van der Waals surface area contributed by atoms with Crippen LogP contribution in [0, 0.1) is 6.92 Å². The van der Waals surface area contributed by atoms with Gasteiger partial charge in [-0.15, -0.1) is 0 Å². The van der Waals surface area contributed by atoms with E-state index in [0.29, 0.717) is 42.2 Å². The summed E-state index contributed by atoms with van der Waals surface area (Å²) in [5.74, 6) is -2.33. The molecule has 4 unspecified atom stereocenters. The van der Waals surface area contributed by atoms with Crippen LogP contribution in [0.1, 0.15) is 95.5 Å². The number of nitrogen functional groups attached to an aromatic ring is 1. The Labute approximate surface area is 758 Å². The molecule has 7 heterocycles. The number of ether oxygens (including phenoxy) is 10. The number of carbonyl (C=O) groups excluding carboxylic acids is 2. The fourth-order valence-corrected chi connectivity index (χ4v) is 17.5. The number of benzene rings is 3. The highest BCUT2D eigenvalue weighted by molar-refractivity contribution is 7.49. The van der Waals surface area contributed by atoms with Crippen molar-refractivity contribution in [3.05, 3.63) is 170 Å². The molecule has 49 nitrogen and oxygen atoms in total. The Morgan fingerprint density at radius 1 is 0.549 bits per heavy atom. The normalized spacial score (nSPS) is 20.5. The first-order valence-corrected chi connectivity index (χ1v) is 47.7. The topological polar surface area (TPSA) is 628 Å². The Morgan fingerprint density at radius 3 is 1.57 bits per heavy atom. The highest BCUT2D eigenvalue weighted by Gasteiger charge is 2.46. The van der Waals surface area contributed by atoms with Gasteiger partial charge in [0, 0.05) is 125 Å². The fraction of sp³-hybridized carbons (Fsp3) is 0.550. The molecule has 0 spiro atoms. The van der Waals surface area contributed by atoms with Crippen LogP contribution in [-0.4, -0.2) is 284 Å². The third kappa shape index (κ3) is 31.8. The Balaban J connectivity index is 0.636. The molecule has 13 atom stereocenters. The molecule has 3 aromatic heterocycles. The number of aromatic hydroxyl groups is 1. The molecular weight excluding hydrogens is 1850 g/mol. The number of aliphatic hydroxyl groups is 2. The number of aromatic amines is 2. The van der Waals surface area contributed by atoms with Gasteiger partial charge in [-0.3, -0.25) is 102 Å². The number of hydrogen-bond acceptors (Lipinski definition) is 41. The predicted octanol–water partition coefficient (Wildman–Crippen LogP) is 4.86. The van der Waals surface area contributed by atoms with Gasteiger partial charge < -0.3 is 88.6 Å². The summed E-state index contributed by atoms with van der Waals surface area (Å²) >= 11 is 0. The number of phenols is 1. The fourth-order valence-electron chi connectivity index (χ4n) is 13.5. The number of carbonyl (C=O) groups is 3. The van der Waals surface area contributed by atoms with E-state index in [4.69, 9.17) is 112 Å².